The second-order valence-electron chi connectivity index (χ2n) is 6.55. The number of aliphatic hydroxyl groups excluding tert-OH is 1. The Labute approximate surface area is 181 Å². The van der Waals surface area contributed by atoms with Gasteiger partial charge in [-0.1, -0.05) is 47.1 Å². The van der Waals surface area contributed by atoms with Crippen molar-refractivity contribution >= 4 is 34.2 Å². The third-order valence-corrected chi connectivity index (χ3v) is 4.89. The standard InChI is InChI=1S/C22H15ClN4O4/c1-12-19(20(27-31-12)13-6-2-3-7-15(13)23)22(29)30-11-18(28)14(10-24)21-25-16-8-4-5-9-17(16)26-21/h2-9,28H,11H2,1H3,(H,25,26). The molecule has 0 unspecified atom stereocenters. The summed E-state index contributed by atoms with van der Waals surface area (Å²) in [7, 11) is 0. The molecule has 8 nitrogen and oxygen atoms in total. The van der Waals surface area contributed by atoms with Crippen LogP contribution in [0.15, 0.2) is 58.8 Å². The van der Waals surface area contributed by atoms with Gasteiger partial charge in [-0.2, -0.15) is 5.26 Å². The Bertz CT molecular complexity index is 1330. The van der Waals surface area contributed by atoms with Gasteiger partial charge in [-0.15, -0.1) is 0 Å². The largest absolute Gasteiger partial charge is 0.507 e. The molecule has 0 aliphatic rings. The number of benzene rings is 2. The Morgan fingerprint density at radius 3 is 2.74 bits per heavy atom. The summed E-state index contributed by atoms with van der Waals surface area (Å²) in [6.45, 7) is 1.03. The molecule has 154 valence electrons. The fraction of sp³-hybridized carbons (Fsp3) is 0.0909. The molecule has 2 aromatic carbocycles. The van der Waals surface area contributed by atoms with Gasteiger partial charge in [0.25, 0.3) is 0 Å². The highest BCUT2D eigenvalue weighted by atomic mass is 35.5. The first-order valence-corrected chi connectivity index (χ1v) is 9.53. The number of rotatable bonds is 5. The highest BCUT2D eigenvalue weighted by Gasteiger charge is 2.25. The number of nitrogens with zero attached hydrogens (tertiary/aromatic N) is 3. The van der Waals surface area contributed by atoms with Gasteiger partial charge >= 0.3 is 5.97 Å². The number of halogens is 1. The molecule has 0 bridgehead atoms. The lowest BCUT2D eigenvalue weighted by atomic mass is 10.1. The number of aromatic amines is 1. The Morgan fingerprint density at radius 1 is 1.26 bits per heavy atom. The molecule has 4 aromatic rings. The molecule has 0 aliphatic carbocycles. The van der Waals surface area contributed by atoms with Crippen LogP contribution in [-0.4, -0.2) is 32.8 Å². The minimum atomic E-state index is -0.776. The normalized spacial score (nSPS) is 11.8. The number of ether oxygens (including phenoxy) is 1. The van der Waals surface area contributed by atoms with Crippen LogP contribution in [0.5, 0.6) is 0 Å². The summed E-state index contributed by atoms with van der Waals surface area (Å²) in [4.78, 5) is 20.0. The molecule has 31 heavy (non-hydrogen) atoms. The Morgan fingerprint density at radius 2 is 2.00 bits per heavy atom. The molecule has 0 aliphatic heterocycles. The number of aromatic nitrogens is 3. The Kier molecular flexibility index (Phi) is 5.43. The fourth-order valence-electron chi connectivity index (χ4n) is 3.05. The maximum absolute atomic E-state index is 12.7. The van der Waals surface area contributed by atoms with Gasteiger partial charge in [-0.25, -0.2) is 9.78 Å². The summed E-state index contributed by atoms with van der Waals surface area (Å²) in [6, 6.07) is 15.9. The van der Waals surface area contributed by atoms with E-state index in [1.165, 1.54) is 0 Å². The fourth-order valence-corrected chi connectivity index (χ4v) is 3.28. The third-order valence-electron chi connectivity index (χ3n) is 4.56. The van der Waals surface area contributed by atoms with Gasteiger partial charge < -0.3 is 19.4 Å². The molecule has 2 aromatic heterocycles. The molecule has 4 rings (SSSR count). The zero-order valence-electron chi connectivity index (χ0n) is 16.2. The summed E-state index contributed by atoms with van der Waals surface area (Å²) >= 11 is 6.21. The van der Waals surface area contributed by atoms with E-state index in [1.54, 1.807) is 43.3 Å². The first-order chi connectivity index (χ1) is 15.0. The minimum Gasteiger partial charge on any atom is -0.507 e. The average Bonchev–Trinajstić information content (AvgIpc) is 3.36. The summed E-state index contributed by atoms with van der Waals surface area (Å²) in [6.07, 6.45) is 0. The van der Waals surface area contributed by atoms with Gasteiger partial charge in [0.05, 0.1) is 16.1 Å². The van der Waals surface area contributed by atoms with E-state index >= 15 is 0 Å². The van der Waals surface area contributed by atoms with E-state index in [9.17, 15) is 15.2 Å². The quantitative estimate of drug-likeness (QED) is 0.262. The number of hydrogen-bond acceptors (Lipinski definition) is 7. The monoisotopic (exact) mass is 434 g/mol. The number of aliphatic hydroxyl groups is 1. The van der Waals surface area contributed by atoms with Crippen molar-refractivity contribution < 1.29 is 19.2 Å². The summed E-state index contributed by atoms with van der Waals surface area (Å²) in [5.74, 6) is -0.804. The second kappa shape index (κ2) is 8.34. The van der Waals surface area contributed by atoms with Crippen molar-refractivity contribution in [2.24, 2.45) is 0 Å². The number of aryl methyl sites for hydroxylation is 1. The number of H-pyrrole nitrogens is 1. The zero-order chi connectivity index (χ0) is 22.0. The van der Waals surface area contributed by atoms with Gasteiger partial charge in [0.2, 0.25) is 0 Å². The molecule has 2 N–H and O–H groups in total. The van der Waals surface area contributed by atoms with Crippen molar-refractivity contribution in [3.05, 3.63) is 76.5 Å². The predicted octanol–water partition coefficient (Wildman–Crippen LogP) is 4.83. The number of para-hydroxylation sites is 2. The number of imidazole rings is 1. The number of nitriles is 1. The van der Waals surface area contributed by atoms with E-state index in [1.807, 2.05) is 18.2 Å². The van der Waals surface area contributed by atoms with Crippen LogP contribution >= 0.6 is 11.6 Å². The first-order valence-electron chi connectivity index (χ1n) is 9.15. The number of fused-ring (bicyclic) bond motifs is 1. The number of carbonyl (C=O) groups is 1. The first kappa shape index (κ1) is 20.2. The third kappa shape index (κ3) is 3.86. The van der Waals surface area contributed by atoms with Crippen LogP contribution in [0.3, 0.4) is 0 Å². The van der Waals surface area contributed by atoms with Crippen LogP contribution in [-0.2, 0) is 4.74 Å². The molecule has 9 heteroatoms. The van der Waals surface area contributed by atoms with Crippen molar-refractivity contribution in [1.82, 2.24) is 15.1 Å². The van der Waals surface area contributed by atoms with E-state index in [2.05, 4.69) is 15.1 Å². The maximum atomic E-state index is 12.7. The van der Waals surface area contributed by atoms with E-state index in [4.69, 9.17) is 20.9 Å². The van der Waals surface area contributed by atoms with Gasteiger partial charge in [0.1, 0.15) is 35.3 Å². The second-order valence-corrected chi connectivity index (χ2v) is 6.96. The molecule has 0 spiro atoms. The van der Waals surface area contributed by atoms with E-state index in [-0.39, 0.29) is 28.4 Å². The van der Waals surface area contributed by atoms with Gasteiger partial charge in [0.15, 0.2) is 11.6 Å². The zero-order valence-corrected chi connectivity index (χ0v) is 17.0. The predicted molar refractivity (Wildman–Crippen MR) is 113 cm³/mol. The minimum absolute atomic E-state index is 0.0862. The maximum Gasteiger partial charge on any atom is 0.344 e. The number of hydrogen-bond donors (Lipinski definition) is 2. The van der Waals surface area contributed by atoms with E-state index in [0.717, 1.165) is 0 Å². The molecule has 0 amide bonds. The molecule has 0 atom stereocenters. The van der Waals surface area contributed by atoms with Crippen LogP contribution < -0.4 is 0 Å². The Balaban J connectivity index is 1.59. The number of carbonyl (C=O) groups excluding carboxylic acids is 1. The van der Waals surface area contributed by atoms with Crippen molar-refractivity contribution in [1.29, 1.82) is 5.26 Å². The van der Waals surface area contributed by atoms with Gasteiger partial charge in [0, 0.05) is 5.56 Å². The molecule has 0 radical (unpaired) electrons. The smallest absolute Gasteiger partial charge is 0.344 e. The van der Waals surface area contributed by atoms with Gasteiger partial charge in [-0.3, -0.25) is 0 Å². The number of nitrogens with one attached hydrogen (secondary N) is 1. The summed E-state index contributed by atoms with van der Waals surface area (Å²) < 4.78 is 10.4. The van der Waals surface area contributed by atoms with E-state index in [0.29, 0.717) is 21.6 Å². The summed E-state index contributed by atoms with van der Waals surface area (Å²) in [5, 5.41) is 24.2. The van der Waals surface area contributed by atoms with Crippen LogP contribution in [0.1, 0.15) is 21.9 Å². The van der Waals surface area contributed by atoms with Gasteiger partial charge in [-0.05, 0) is 25.1 Å². The summed E-state index contributed by atoms with van der Waals surface area (Å²) in [5.41, 5.74) is 2.04. The average molecular weight is 435 g/mol. The van der Waals surface area contributed by atoms with Crippen molar-refractivity contribution in [3.63, 3.8) is 0 Å². The lowest BCUT2D eigenvalue weighted by Gasteiger charge is -2.07. The molecular formula is C22H15ClN4O4. The number of esters is 1. The number of allylic oxidation sites excluding steroid dienone is 1. The lowest BCUT2D eigenvalue weighted by molar-refractivity contribution is 0.0501. The van der Waals surface area contributed by atoms with Crippen LogP contribution in [0.25, 0.3) is 27.9 Å². The Hall–Kier alpha value is -4.09. The van der Waals surface area contributed by atoms with Crippen molar-refractivity contribution in [2.45, 2.75) is 6.92 Å². The molecular weight excluding hydrogens is 420 g/mol. The van der Waals surface area contributed by atoms with Crippen LogP contribution in [0, 0.1) is 18.3 Å². The molecule has 2 heterocycles. The van der Waals surface area contributed by atoms with Crippen molar-refractivity contribution in [3.8, 4) is 17.3 Å². The lowest BCUT2D eigenvalue weighted by Crippen LogP contribution is -2.11. The SMILES string of the molecule is Cc1onc(-c2ccccc2Cl)c1C(=O)OCC(O)=C(C#N)c1nc2ccccc2[nH]1. The topological polar surface area (TPSA) is 125 Å². The molecule has 0 fully saturated rings. The molecule has 0 saturated heterocycles. The molecule has 0 saturated carbocycles. The van der Waals surface area contributed by atoms with Crippen LogP contribution in [0.2, 0.25) is 5.02 Å². The van der Waals surface area contributed by atoms with Crippen molar-refractivity contribution in [2.75, 3.05) is 6.61 Å². The highest BCUT2D eigenvalue weighted by Crippen LogP contribution is 2.31. The van der Waals surface area contributed by atoms with E-state index < -0.39 is 18.3 Å². The van der Waals surface area contributed by atoms with Crippen LogP contribution in [0.4, 0.5) is 0 Å². The highest BCUT2D eigenvalue weighted by molar-refractivity contribution is 6.33.